The number of ether oxygens (including phenoxy) is 1. The molecular formula is C21H24N2O4. The minimum absolute atomic E-state index is 0.210. The normalized spacial score (nSPS) is 16.6. The lowest BCUT2D eigenvalue weighted by Crippen LogP contribution is -2.46. The van der Waals surface area contributed by atoms with Crippen molar-refractivity contribution in [2.24, 2.45) is 5.92 Å². The number of hydrogen-bond donors (Lipinski definition) is 2. The van der Waals surface area contributed by atoms with Crippen LogP contribution in [-0.2, 0) is 11.3 Å². The number of hydrogen-bond acceptors (Lipinski definition) is 3. The van der Waals surface area contributed by atoms with Crippen LogP contribution in [0.2, 0.25) is 0 Å². The number of amides is 2. The van der Waals surface area contributed by atoms with Gasteiger partial charge in [0.05, 0.1) is 13.0 Å². The van der Waals surface area contributed by atoms with E-state index in [9.17, 15) is 9.59 Å². The number of nitrogens with zero attached hydrogens (tertiary/aromatic N) is 1. The first-order chi connectivity index (χ1) is 13.1. The first-order valence-corrected chi connectivity index (χ1v) is 9.06. The van der Waals surface area contributed by atoms with Gasteiger partial charge in [-0.05, 0) is 41.7 Å². The third-order valence-electron chi connectivity index (χ3n) is 4.86. The number of nitrogens with one attached hydrogen (secondary N) is 1. The molecule has 2 aromatic carbocycles. The Labute approximate surface area is 158 Å². The molecule has 0 saturated carbocycles. The number of rotatable bonds is 5. The summed E-state index contributed by atoms with van der Waals surface area (Å²) in [5, 5.41) is 12.0. The maximum Gasteiger partial charge on any atom is 0.317 e. The highest BCUT2D eigenvalue weighted by atomic mass is 16.5. The van der Waals surface area contributed by atoms with E-state index in [0.29, 0.717) is 19.5 Å². The van der Waals surface area contributed by atoms with Gasteiger partial charge in [-0.25, -0.2) is 4.79 Å². The van der Waals surface area contributed by atoms with E-state index in [0.717, 1.165) is 28.9 Å². The highest BCUT2D eigenvalue weighted by Gasteiger charge is 2.27. The first kappa shape index (κ1) is 18.8. The number of carboxylic acid groups (broad SMARTS) is 1. The number of benzene rings is 2. The Hall–Kier alpha value is -3.02. The number of aliphatic carboxylic acids is 1. The molecule has 1 atom stereocenters. The second kappa shape index (κ2) is 8.58. The van der Waals surface area contributed by atoms with Crippen LogP contribution >= 0.6 is 0 Å². The Kier molecular flexibility index (Phi) is 5.96. The van der Waals surface area contributed by atoms with Crippen LogP contribution in [0.4, 0.5) is 4.79 Å². The summed E-state index contributed by atoms with van der Waals surface area (Å²) < 4.78 is 5.26. The molecule has 1 heterocycles. The van der Waals surface area contributed by atoms with Crippen molar-refractivity contribution in [3.63, 3.8) is 0 Å². The third-order valence-corrected chi connectivity index (χ3v) is 4.86. The molecule has 2 aromatic rings. The molecule has 2 N–H and O–H groups in total. The molecule has 0 aromatic heterocycles. The minimum atomic E-state index is -0.833. The molecule has 142 valence electrons. The monoisotopic (exact) mass is 368 g/mol. The lowest BCUT2D eigenvalue weighted by molar-refractivity contribution is -0.143. The Morgan fingerprint density at radius 1 is 1.19 bits per heavy atom. The van der Waals surface area contributed by atoms with Crippen LogP contribution in [0.1, 0.15) is 18.4 Å². The molecule has 6 nitrogen and oxygen atoms in total. The standard InChI is InChI=1S/C21H24N2O4/c1-27-19-6-2-4-17(12-19)16-9-7-15(8-10-16)13-22-21(26)23-11-3-5-18(14-23)20(24)25/h2,4,6-10,12,18H,3,5,11,13-14H2,1H3,(H,22,26)(H,24,25). The van der Waals surface area contributed by atoms with E-state index in [2.05, 4.69) is 5.32 Å². The van der Waals surface area contributed by atoms with Gasteiger partial charge in [0, 0.05) is 19.6 Å². The number of urea groups is 1. The summed E-state index contributed by atoms with van der Waals surface area (Å²) in [6.45, 7) is 1.28. The molecule has 0 bridgehead atoms. The molecule has 27 heavy (non-hydrogen) atoms. The number of methoxy groups -OCH3 is 1. The Morgan fingerprint density at radius 2 is 1.96 bits per heavy atom. The summed E-state index contributed by atoms with van der Waals surface area (Å²) in [6.07, 6.45) is 1.35. The van der Waals surface area contributed by atoms with Gasteiger partial charge in [-0.15, -0.1) is 0 Å². The molecule has 1 aliphatic heterocycles. The zero-order chi connectivity index (χ0) is 19.2. The van der Waals surface area contributed by atoms with Gasteiger partial charge < -0.3 is 20.1 Å². The number of carbonyl (C=O) groups is 2. The van der Waals surface area contributed by atoms with Gasteiger partial charge in [-0.3, -0.25) is 4.79 Å². The number of carboxylic acids is 1. The fraction of sp³-hybridized carbons (Fsp3) is 0.333. The van der Waals surface area contributed by atoms with Gasteiger partial charge in [0.25, 0.3) is 0 Å². The zero-order valence-corrected chi connectivity index (χ0v) is 15.4. The Balaban J connectivity index is 1.57. The molecule has 3 rings (SSSR count). The van der Waals surface area contributed by atoms with Crippen LogP contribution in [0.15, 0.2) is 48.5 Å². The summed E-state index contributed by atoms with van der Waals surface area (Å²) in [5.74, 6) is -0.489. The molecule has 2 amide bonds. The van der Waals surface area contributed by atoms with Crippen molar-refractivity contribution in [3.05, 3.63) is 54.1 Å². The third kappa shape index (κ3) is 4.78. The minimum Gasteiger partial charge on any atom is -0.497 e. The fourth-order valence-electron chi connectivity index (χ4n) is 3.27. The average Bonchev–Trinajstić information content (AvgIpc) is 2.72. The van der Waals surface area contributed by atoms with Crippen molar-refractivity contribution in [2.45, 2.75) is 19.4 Å². The maximum absolute atomic E-state index is 12.3. The van der Waals surface area contributed by atoms with Gasteiger partial charge in [-0.2, -0.15) is 0 Å². The molecule has 1 saturated heterocycles. The van der Waals surface area contributed by atoms with Crippen molar-refractivity contribution in [1.82, 2.24) is 10.2 Å². The molecular weight excluding hydrogens is 344 g/mol. The summed E-state index contributed by atoms with van der Waals surface area (Å²) >= 11 is 0. The zero-order valence-electron chi connectivity index (χ0n) is 15.4. The van der Waals surface area contributed by atoms with E-state index in [1.165, 1.54) is 0 Å². The van der Waals surface area contributed by atoms with Gasteiger partial charge in [0.2, 0.25) is 0 Å². The van der Waals surface area contributed by atoms with Crippen molar-refractivity contribution < 1.29 is 19.4 Å². The largest absolute Gasteiger partial charge is 0.497 e. The van der Waals surface area contributed by atoms with Gasteiger partial charge in [0.15, 0.2) is 0 Å². The molecule has 0 radical (unpaired) electrons. The maximum atomic E-state index is 12.3. The van der Waals surface area contributed by atoms with Gasteiger partial charge in [0.1, 0.15) is 5.75 Å². The highest BCUT2D eigenvalue weighted by Crippen LogP contribution is 2.24. The summed E-state index contributed by atoms with van der Waals surface area (Å²) in [5.41, 5.74) is 3.13. The predicted octanol–water partition coefficient (Wildman–Crippen LogP) is 3.37. The van der Waals surface area contributed by atoms with Crippen LogP contribution in [0.3, 0.4) is 0 Å². The van der Waals surface area contributed by atoms with Crippen LogP contribution in [0.5, 0.6) is 5.75 Å². The van der Waals surface area contributed by atoms with E-state index in [4.69, 9.17) is 9.84 Å². The predicted molar refractivity (Wildman–Crippen MR) is 103 cm³/mol. The molecule has 1 fully saturated rings. The van der Waals surface area contributed by atoms with Gasteiger partial charge >= 0.3 is 12.0 Å². The summed E-state index contributed by atoms with van der Waals surface area (Å²) in [4.78, 5) is 25.0. The van der Waals surface area contributed by atoms with Gasteiger partial charge in [-0.1, -0.05) is 36.4 Å². The van der Waals surface area contributed by atoms with E-state index in [-0.39, 0.29) is 12.6 Å². The summed E-state index contributed by atoms with van der Waals surface area (Å²) in [6, 6.07) is 15.6. The van der Waals surface area contributed by atoms with Crippen LogP contribution in [-0.4, -0.2) is 42.2 Å². The molecule has 0 aliphatic carbocycles. The van der Waals surface area contributed by atoms with Crippen LogP contribution in [0.25, 0.3) is 11.1 Å². The van der Waals surface area contributed by atoms with Crippen molar-refractivity contribution in [2.75, 3.05) is 20.2 Å². The van der Waals surface area contributed by atoms with E-state index in [1.54, 1.807) is 12.0 Å². The van der Waals surface area contributed by atoms with Crippen LogP contribution in [0, 0.1) is 5.92 Å². The van der Waals surface area contributed by atoms with Crippen molar-refractivity contribution in [1.29, 1.82) is 0 Å². The fourth-order valence-corrected chi connectivity index (χ4v) is 3.27. The Bertz CT molecular complexity index is 804. The van der Waals surface area contributed by atoms with Crippen molar-refractivity contribution >= 4 is 12.0 Å². The summed E-state index contributed by atoms with van der Waals surface area (Å²) in [7, 11) is 1.64. The number of piperidine rings is 1. The van der Waals surface area contributed by atoms with E-state index >= 15 is 0 Å². The SMILES string of the molecule is COc1cccc(-c2ccc(CNC(=O)N3CCCC(C(=O)O)C3)cc2)c1. The van der Waals surface area contributed by atoms with Crippen molar-refractivity contribution in [3.8, 4) is 16.9 Å². The first-order valence-electron chi connectivity index (χ1n) is 9.06. The molecule has 0 spiro atoms. The smallest absolute Gasteiger partial charge is 0.317 e. The molecule has 1 unspecified atom stereocenters. The second-order valence-electron chi connectivity index (χ2n) is 6.71. The lowest BCUT2D eigenvalue weighted by Gasteiger charge is -2.30. The molecule has 6 heteroatoms. The molecule has 1 aliphatic rings. The second-order valence-corrected chi connectivity index (χ2v) is 6.71. The lowest BCUT2D eigenvalue weighted by atomic mass is 9.99. The quantitative estimate of drug-likeness (QED) is 0.848. The Morgan fingerprint density at radius 3 is 2.67 bits per heavy atom. The van der Waals surface area contributed by atoms with E-state index < -0.39 is 11.9 Å². The van der Waals surface area contributed by atoms with E-state index in [1.807, 2.05) is 48.5 Å². The highest BCUT2D eigenvalue weighted by molar-refractivity contribution is 5.76. The van der Waals surface area contributed by atoms with Crippen LogP contribution < -0.4 is 10.1 Å². The number of likely N-dealkylation sites (tertiary alicyclic amines) is 1. The number of carbonyl (C=O) groups excluding carboxylic acids is 1. The average molecular weight is 368 g/mol. The topological polar surface area (TPSA) is 78.9 Å².